The molecule has 0 unspecified atom stereocenters. The second-order valence-corrected chi connectivity index (χ2v) is 3.90. The Balaban J connectivity index is -0.000000240. The van der Waals surface area contributed by atoms with Gasteiger partial charge >= 0.3 is 71.1 Å². The number of hydrogen-bond donors (Lipinski definition) is 0. The molecule has 0 saturated carbocycles. The summed E-state index contributed by atoms with van der Waals surface area (Å²) in [7, 11) is 0. The molecule has 0 N–H and O–H groups in total. The Morgan fingerprint density at radius 3 is 1.27 bits per heavy atom. The van der Waals surface area contributed by atoms with Gasteiger partial charge < -0.3 is 24.5 Å². The van der Waals surface area contributed by atoms with Gasteiger partial charge in [0.15, 0.2) is 0 Å². The number of hydrogen-bond acceptors (Lipinski definition) is 7. The first-order chi connectivity index (χ1) is 9.43. The number of ether oxygens (including phenoxy) is 2. The zero-order chi connectivity index (χ0) is 15.8. The average Bonchev–Trinajstić information content (AvgIpc) is 2.36. The third-order valence-corrected chi connectivity index (χ3v) is 2.06. The molecule has 0 bridgehead atoms. The van der Waals surface area contributed by atoms with Crippen molar-refractivity contribution in [3.05, 3.63) is 0 Å². The van der Waals surface area contributed by atoms with E-state index in [1.165, 1.54) is 0 Å². The Morgan fingerprint density at radius 2 is 1.05 bits per heavy atom. The summed E-state index contributed by atoms with van der Waals surface area (Å²) in [6, 6.07) is 0. The summed E-state index contributed by atoms with van der Waals surface area (Å²) in [4.78, 5) is 30.6. The van der Waals surface area contributed by atoms with Gasteiger partial charge in [-0.3, -0.25) is 9.59 Å². The molecule has 0 radical (unpaired) electrons. The topological polar surface area (TPSA) is 116 Å². The van der Waals surface area contributed by atoms with Crippen LogP contribution in [0.5, 0.6) is 0 Å². The van der Waals surface area contributed by atoms with Gasteiger partial charge in [0.25, 0.3) is 0 Å². The predicted octanol–water partition coefficient (Wildman–Crippen LogP) is -5.99. The van der Waals surface area contributed by atoms with Crippen molar-refractivity contribution in [1.29, 1.82) is 0 Å². The van der Waals surface area contributed by atoms with E-state index in [0.717, 1.165) is 25.7 Å². The number of carbonyl (C=O) groups excluding carboxylic acids is 3. The maximum Gasteiger partial charge on any atom is 1.00 e. The molecule has 0 aromatic carbocycles. The minimum absolute atomic E-state index is 0. The Morgan fingerprint density at radius 1 is 0.773 bits per heavy atom. The van der Waals surface area contributed by atoms with E-state index in [2.05, 4.69) is 0 Å². The van der Waals surface area contributed by atoms with Gasteiger partial charge in [-0.15, -0.1) is 0 Å². The number of unbranched alkanes of at least 4 members (excludes halogenated alkanes) is 2. The molecule has 0 saturated heterocycles. The van der Waals surface area contributed by atoms with Gasteiger partial charge in [-0.25, -0.2) is 0 Å². The van der Waals surface area contributed by atoms with Crippen LogP contribution in [0.1, 0.15) is 52.4 Å². The monoisotopic (exact) mass is 336 g/mol. The van der Waals surface area contributed by atoms with Crippen molar-refractivity contribution in [2.45, 2.75) is 52.4 Å². The first kappa shape index (κ1) is 30.1. The van der Waals surface area contributed by atoms with Crippen molar-refractivity contribution in [3.8, 4) is 0 Å². The fourth-order valence-electron chi connectivity index (χ4n) is 1.01. The van der Waals surface area contributed by atoms with Crippen LogP contribution in [0.2, 0.25) is 0 Å². The number of esters is 2. The van der Waals surface area contributed by atoms with Crippen molar-refractivity contribution < 1.29 is 93.2 Å². The maximum atomic E-state index is 11.1. The number of carboxylic acid groups (broad SMARTS) is 2. The SMILES string of the molecule is CCCCOC(=O)CCC(=O)OCCCC.O=C([O-])[O-].[Na+].[Na+]. The molecule has 0 fully saturated rings. The molecule has 0 atom stereocenters. The van der Waals surface area contributed by atoms with Gasteiger partial charge in [0.2, 0.25) is 0 Å². The van der Waals surface area contributed by atoms with Crippen molar-refractivity contribution >= 4 is 18.1 Å². The fourth-order valence-corrected chi connectivity index (χ4v) is 1.01. The zero-order valence-electron chi connectivity index (χ0n) is 14.0. The van der Waals surface area contributed by atoms with Crippen LogP contribution in [-0.4, -0.2) is 31.3 Å². The minimum atomic E-state index is -2.33. The Labute approximate surface area is 175 Å². The van der Waals surface area contributed by atoms with Gasteiger partial charge in [-0.05, 0) is 19.0 Å². The molecule has 9 heteroatoms. The smallest absolute Gasteiger partial charge is 0.652 e. The van der Waals surface area contributed by atoms with Gasteiger partial charge in [-0.1, -0.05) is 26.7 Å². The molecule has 22 heavy (non-hydrogen) atoms. The van der Waals surface area contributed by atoms with Crippen LogP contribution in [-0.2, 0) is 19.1 Å². The molecule has 0 aromatic rings. The van der Waals surface area contributed by atoms with Crippen molar-refractivity contribution in [2.24, 2.45) is 0 Å². The third kappa shape index (κ3) is 32.2. The summed E-state index contributed by atoms with van der Waals surface area (Å²) < 4.78 is 9.82. The summed E-state index contributed by atoms with van der Waals surface area (Å²) in [6.07, 6.45) is 1.63. The Kier molecular flexibility index (Phi) is 32.2. The van der Waals surface area contributed by atoms with Crippen LogP contribution in [0.15, 0.2) is 0 Å². The van der Waals surface area contributed by atoms with E-state index in [1.54, 1.807) is 0 Å². The molecule has 118 valence electrons. The van der Waals surface area contributed by atoms with Gasteiger partial charge in [0, 0.05) is 0 Å². The van der Waals surface area contributed by atoms with E-state index < -0.39 is 6.16 Å². The van der Waals surface area contributed by atoms with Crippen molar-refractivity contribution in [1.82, 2.24) is 0 Å². The Bertz CT molecular complexity index is 260. The van der Waals surface area contributed by atoms with E-state index in [0.29, 0.717) is 13.2 Å². The summed E-state index contributed by atoms with van der Waals surface area (Å²) in [5.41, 5.74) is 0. The fraction of sp³-hybridized carbons (Fsp3) is 0.769. The number of rotatable bonds is 9. The van der Waals surface area contributed by atoms with Gasteiger partial charge in [0.05, 0.1) is 26.1 Å². The predicted molar refractivity (Wildman–Crippen MR) is 66.4 cm³/mol. The van der Waals surface area contributed by atoms with E-state index >= 15 is 0 Å². The van der Waals surface area contributed by atoms with Crippen LogP contribution in [0.3, 0.4) is 0 Å². The molecule has 0 aliphatic rings. The standard InChI is InChI=1S/C12H22O4.CH2O3.2Na/c1-3-5-9-15-11(13)7-8-12(14)16-10-6-4-2;2-1(3)4;;/h3-10H2,1-2H3;(H2,2,3,4);;/q;;2*+1/p-2. The second-order valence-electron chi connectivity index (χ2n) is 3.90. The molecule has 0 rings (SSSR count). The molecule has 7 nitrogen and oxygen atoms in total. The Hall–Kier alpha value is 0.210. The van der Waals surface area contributed by atoms with E-state index in [-0.39, 0.29) is 83.9 Å². The van der Waals surface area contributed by atoms with E-state index in [4.69, 9.17) is 24.5 Å². The molecule has 0 spiro atoms. The van der Waals surface area contributed by atoms with Crippen LogP contribution in [0.25, 0.3) is 0 Å². The van der Waals surface area contributed by atoms with Crippen LogP contribution in [0, 0.1) is 0 Å². The van der Waals surface area contributed by atoms with Crippen LogP contribution in [0.4, 0.5) is 4.79 Å². The molecule has 0 aliphatic carbocycles. The summed E-state index contributed by atoms with van der Waals surface area (Å²) >= 11 is 0. The zero-order valence-corrected chi connectivity index (χ0v) is 18.0. The normalized spacial score (nSPS) is 8.27. The van der Waals surface area contributed by atoms with Crippen molar-refractivity contribution in [3.63, 3.8) is 0 Å². The average molecular weight is 336 g/mol. The summed E-state index contributed by atoms with van der Waals surface area (Å²) in [5, 5.41) is 16.7. The first-order valence-electron chi connectivity index (χ1n) is 6.63. The quantitative estimate of drug-likeness (QED) is 0.234. The van der Waals surface area contributed by atoms with Crippen molar-refractivity contribution in [2.75, 3.05) is 13.2 Å². The number of carbonyl (C=O) groups is 3. The summed E-state index contributed by atoms with van der Waals surface area (Å²) in [6.45, 7) is 4.94. The van der Waals surface area contributed by atoms with E-state index in [1.807, 2.05) is 13.8 Å². The van der Waals surface area contributed by atoms with Gasteiger partial charge in [-0.2, -0.15) is 0 Å². The molecule has 0 amide bonds. The second kappa shape index (κ2) is 23.5. The molecular formula is C13H22Na2O7. The van der Waals surface area contributed by atoms with Gasteiger partial charge in [0.1, 0.15) is 0 Å². The van der Waals surface area contributed by atoms with Crippen LogP contribution < -0.4 is 69.3 Å². The van der Waals surface area contributed by atoms with E-state index in [9.17, 15) is 9.59 Å². The molecular weight excluding hydrogens is 314 g/mol. The molecule has 0 aromatic heterocycles. The molecule has 0 heterocycles. The third-order valence-electron chi connectivity index (χ3n) is 2.06. The minimum Gasteiger partial charge on any atom is -0.652 e. The van der Waals surface area contributed by atoms with Crippen LogP contribution >= 0.6 is 0 Å². The summed E-state index contributed by atoms with van der Waals surface area (Å²) in [5.74, 6) is -0.637. The molecule has 0 aliphatic heterocycles. The first-order valence-corrected chi connectivity index (χ1v) is 6.63. The maximum absolute atomic E-state index is 11.1. The largest absolute Gasteiger partial charge is 1.00 e.